The van der Waals surface area contributed by atoms with Gasteiger partial charge < -0.3 is 9.47 Å². The van der Waals surface area contributed by atoms with Crippen LogP contribution in [0.15, 0.2) is 84.9 Å². The predicted molar refractivity (Wildman–Crippen MR) is 129 cm³/mol. The van der Waals surface area contributed by atoms with Crippen LogP contribution in [0.2, 0.25) is 0 Å². The number of hydrogen-bond donors (Lipinski definition) is 0. The normalized spacial score (nSPS) is 24.1. The molecule has 0 aliphatic carbocycles. The first kappa shape index (κ1) is 21.9. The van der Waals surface area contributed by atoms with Crippen molar-refractivity contribution in [3.8, 4) is 0 Å². The summed E-state index contributed by atoms with van der Waals surface area (Å²) in [5.74, 6) is 0.492. The molecule has 0 spiro atoms. The topological polar surface area (TPSA) is 38.8 Å². The quantitative estimate of drug-likeness (QED) is 0.468. The van der Waals surface area contributed by atoms with Gasteiger partial charge in [0.1, 0.15) is 0 Å². The van der Waals surface area contributed by atoms with Crippen molar-refractivity contribution in [1.29, 1.82) is 0 Å². The lowest BCUT2D eigenvalue weighted by molar-refractivity contribution is -0.120. The van der Waals surface area contributed by atoms with Crippen molar-refractivity contribution in [2.45, 2.75) is 37.5 Å². The molecular weight excluding hydrogens is 410 g/mol. The highest BCUT2D eigenvalue weighted by Gasteiger charge is 2.47. The number of methoxy groups -OCH3 is 1. The molecule has 4 heteroatoms. The van der Waals surface area contributed by atoms with Gasteiger partial charge in [0.05, 0.1) is 25.4 Å². The number of carbonyl (C=O) groups excluding carboxylic acids is 1. The van der Waals surface area contributed by atoms with Crippen molar-refractivity contribution in [2.24, 2.45) is 5.92 Å². The average Bonchev–Trinajstić information content (AvgIpc) is 2.89. The SMILES string of the molecule is COC(=O)c1cccc(COC2C3CCN(CC3)C2C(c2ccccc2)c2ccccc2)c1. The molecule has 3 fully saturated rings. The van der Waals surface area contributed by atoms with Gasteiger partial charge in [-0.05, 0) is 60.7 Å². The number of nitrogens with zero attached hydrogens (tertiary/aromatic N) is 1. The van der Waals surface area contributed by atoms with E-state index in [0.717, 1.165) is 18.7 Å². The fourth-order valence-corrected chi connectivity index (χ4v) is 5.67. The highest BCUT2D eigenvalue weighted by Crippen LogP contribution is 2.43. The number of benzene rings is 3. The Balaban J connectivity index is 1.45. The Morgan fingerprint density at radius 1 is 0.909 bits per heavy atom. The van der Waals surface area contributed by atoms with Crippen LogP contribution >= 0.6 is 0 Å². The van der Waals surface area contributed by atoms with E-state index in [0.29, 0.717) is 18.1 Å². The zero-order valence-electron chi connectivity index (χ0n) is 19.1. The molecule has 3 aromatic carbocycles. The van der Waals surface area contributed by atoms with E-state index >= 15 is 0 Å². The van der Waals surface area contributed by atoms with Crippen LogP contribution in [0.1, 0.15) is 45.8 Å². The molecular formula is C29H31NO3. The van der Waals surface area contributed by atoms with Crippen LogP contribution in [-0.4, -0.2) is 43.2 Å². The molecule has 170 valence electrons. The van der Waals surface area contributed by atoms with Gasteiger partial charge in [-0.25, -0.2) is 4.79 Å². The van der Waals surface area contributed by atoms with Crippen molar-refractivity contribution in [3.63, 3.8) is 0 Å². The molecule has 3 aromatic rings. The number of hydrogen-bond acceptors (Lipinski definition) is 4. The zero-order valence-corrected chi connectivity index (χ0v) is 19.1. The van der Waals surface area contributed by atoms with Crippen molar-refractivity contribution in [3.05, 3.63) is 107 Å². The Hall–Kier alpha value is -2.95. The average molecular weight is 442 g/mol. The molecule has 3 saturated heterocycles. The van der Waals surface area contributed by atoms with Crippen LogP contribution in [0.4, 0.5) is 0 Å². The minimum Gasteiger partial charge on any atom is -0.465 e. The maximum Gasteiger partial charge on any atom is 0.337 e. The highest BCUT2D eigenvalue weighted by atomic mass is 16.5. The second kappa shape index (κ2) is 9.90. The molecule has 2 atom stereocenters. The Kier molecular flexibility index (Phi) is 6.56. The van der Waals surface area contributed by atoms with Crippen molar-refractivity contribution in [2.75, 3.05) is 20.2 Å². The predicted octanol–water partition coefficient (Wildman–Crippen LogP) is 5.28. The fraction of sp³-hybridized carbons (Fsp3) is 0.345. The molecule has 0 aromatic heterocycles. The van der Waals surface area contributed by atoms with Gasteiger partial charge in [-0.3, -0.25) is 4.90 Å². The van der Waals surface area contributed by atoms with E-state index in [4.69, 9.17) is 9.47 Å². The molecule has 0 N–H and O–H groups in total. The van der Waals surface area contributed by atoms with Crippen LogP contribution in [-0.2, 0) is 16.1 Å². The Morgan fingerprint density at radius 2 is 1.55 bits per heavy atom. The van der Waals surface area contributed by atoms with Gasteiger partial charge in [0.25, 0.3) is 0 Å². The van der Waals surface area contributed by atoms with Crippen LogP contribution in [0.3, 0.4) is 0 Å². The summed E-state index contributed by atoms with van der Waals surface area (Å²) in [4.78, 5) is 14.6. The summed E-state index contributed by atoms with van der Waals surface area (Å²) in [5.41, 5.74) is 4.24. The minimum atomic E-state index is -0.314. The van der Waals surface area contributed by atoms with E-state index in [9.17, 15) is 4.79 Å². The van der Waals surface area contributed by atoms with Gasteiger partial charge in [-0.15, -0.1) is 0 Å². The molecule has 2 bridgehead atoms. The van der Waals surface area contributed by atoms with Gasteiger partial charge >= 0.3 is 5.97 Å². The lowest BCUT2D eigenvalue weighted by Crippen LogP contribution is -2.60. The van der Waals surface area contributed by atoms with E-state index in [1.807, 2.05) is 18.2 Å². The maximum absolute atomic E-state index is 12.0. The summed E-state index contributed by atoms with van der Waals surface area (Å²) in [6.45, 7) is 2.75. The molecule has 3 heterocycles. The van der Waals surface area contributed by atoms with Crippen LogP contribution in [0.25, 0.3) is 0 Å². The van der Waals surface area contributed by atoms with Gasteiger partial charge in [0.15, 0.2) is 0 Å². The molecule has 33 heavy (non-hydrogen) atoms. The van der Waals surface area contributed by atoms with Crippen LogP contribution in [0.5, 0.6) is 0 Å². The summed E-state index contributed by atoms with van der Waals surface area (Å²) in [6.07, 6.45) is 2.50. The molecule has 6 rings (SSSR count). The number of fused-ring (bicyclic) bond motifs is 3. The number of rotatable bonds is 7. The van der Waals surface area contributed by atoms with Gasteiger partial charge in [-0.2, -0.15) is 0 Å². The first-order valence-corrected chi connectivity index (χ1v) is 11.9. The lowest BCUT2D eigenvalue weighted by Gasteiger charge is -2.53. The third kappa shape index (κ3) is 4.59. The fourth-order valence-electron chi connectivity index (χ4n) is 5.67. The minimum absolute atomic E-state index is 0.139. The summed E-state index contributed by atoms with van der Waals surface area (Å²) in [6, 6.07) is 29.6. The third-order valence-electron chi connectivity index (χ3n) is 7.25. The molecule has 4 nitrogen and oxygen atoms in total. The Bertz CT molecular complexity index is 1020. The lowest BCUT2D eigenvalue weighted by atomic mass is 9.72. The maximum atomic E-state index is 12.0. The molecule has 0 saturated carbocycles. The molecule has 2 unspecified atom stereocenters. The van der Waals surface area contributed by atoms with Crippen molar-refractivity contribution >= 4 is 5.97 Å². The number of ether oxygens (including phenoxy) is 2. The van der Waals surface area contributed by atoms with Crippen LogP contribution < -0.4 is 0 Å². The molecule has 3 aliphatic heterocycles. The van der Waals surface area contributed by atoms with Crippen molar-refractivity contribution < 1.29 is 14.3 Å². The zero-order chi connectivity index (χ0) is 22.6. The second-order valence-corrected chi connectivity index (χ2v) is 9.13. The van der Waals surface area contributed by atoms with Gasteiger partial charge in [-0.1, -0.05) is 72.8 Å². The first-order chi connectivity index (χ1) is 16.2. The smallest absolute Gasteiger partial charge is 0.337 e. The van der Waals surface area contributed by atoms with E-state index in [2.05, 4.69) is 65.6 Å². The van der Waals surface area contributed by atoms with Crippen molar-refractivity contribution in [1.82, 2.24) is 4.90 Å². The summed E-state index contributed by atoms with van der Waals surface area (Å²) in [5, 5.41) is 0. The molecule has 3 aliphatic rings. The summed E-state index contributed by atoms with van der Waals surface area (Å²) in [7, 11) is 1.41. The highest BCUT2D eigenvalue weighted by molar-refractivity contribution is 5.89. The molecule has 0 radical (unpaired) electrons. The number of carbonyl (C=O) groups is 1. The largest absolute Gasteiger partial charge is 0.465 e. The Morgan fingerprint density at radius 3 is 2.15 bits per heavy atom. The van der Waals surface area contributed by atoms with Crippen LogP contribution in [0, 0.1) is 5.92 Å². The standard InChI is InChI=1S/C29H31NO3/c1-32-29(31)25-14-8-9-21(19-25)20-33-28-24-15-17-30(18-16-24)27(28)26(22-10-4-2-5-11-22)23-12-6-3-7-13-23/h2-14,19,24,26-28H,15-18,20H2,1H3. The molecule has 0 amide bonds. The van der Waals surface area contributed by atoms with E-state index in [1.54, 1.807) is 6.07 Å². The van der Waals surface area contributed by atoms with E-state index in [1.165, 1.54) is 31.1 Å². The number of piperidine rings is 3. The van der Waals surface area contributed by atoms with E-state index in [-0.39, 0.29) is 24.0 Å². The first-order valence-electron chi connectivity index (χ1n) is 11.9. The van der Waals surface area contributed by atoms with E-state index < -0.39 is 0 Å². The second-order valence-electron chi connectivity index (χ2n) is 9.13. The summed E-state index contributed by atoms with van der Waals surface area (Å²) >= 11 is 0. The summed E-state index contributed by atoms with van der Waals surface area (Å²) < 4.78 is 11.6. The third-order valence-corrected chi connectivity index (χ3v) is 7.25. The van der Waals surface area contributed by atoms with Gasteiger partial charge in [0.2, 0.25) is 0 Å². The van der Waals surface area contributed by atoms with Gasteiger partial charge in [0, 0.05) is 12.0 Å². The Labute approximate surface area is 196 Å². The monoisotopic (exact) mass is 441 g/mol. The number of esters is 1.